The average Bonchev–Trinajstić information content (AvgIpc) is 2.93. The van der Waals surface area contributed by atoms with Crippen molar-refractivity contribution in [2.75, 3.05) is 6.61 Å². The largest absolute Gasteiger partial charge is 0.448 e. The van der Waals surface area contributed by atoms with Gasteiger partial charge in [0.15, 0.2) is 10.4 Å². The molecule has 2 aromatic rings. The molecule has 4 nitrogen and oxygen atoms in total. The fourth-order valence-electron chi connectivity index (χ4n) is 2.32. The summed E-state index contributed by atoms with van der Waals surface area (Å²) < 4.78 is 8.32. The van der Waals surface area contributed by atoms with Gasteiger partial charge in [-0.1, -0.05) is 0 Å². The molecule has 0 amide bonds. The number of halogens is 1. The molecule has 2 aromatic heterocycles. The fourth-order valence-corrected chi connectivity index (χ4v) is 2.62. The van der Waals surface area contributed by atoms with Crippen molar-refractivity contribution in [3.8, 4) is 11.5 Å². The van der Waals surface area contributed by atoms with Crippen molar-refractivity contribution in [2.24, 2.45) is 0 Å². The van der Waals surface area contributed by atoms with Crippen LogP contribution < -0.4 is 0 Å². The maximum absolute atomic E-state index is 9.34. The lowest BCUT2D eigenvalue weighted by atomic mass is 10.0. The molecule has 0 radical (unpaired) electrons. The number of nitrogens with zero attached hydrogens (tertiary/aromatic N) is 2. The highest BCUT2D eigenvalue weighted by Gasteiger charge is 2.23. The van der Waals surface area contributed by atoms with Gasteiger partial charge in [-0.05, 0) is 40.9 Å². The van der Waals surface area contributed by atoms with Crippen molar-refractivity contribution in [3.05, 3.63) is 28.8 Å². The Balaban J connectivity index is 2.01. The van der Waals surface area contributed by atoms with Crippen LogP contribution in [0.15, 0.2) is 27.4 Å². The lowest BCUT2D eigenvalue weighted by molar-refractivity contribution is 0.238. The molecule has 1 atom stereocenters. The molecule has 5 heteroatoms. The van der Waals surface area contributed by atoms with Gasteiger partial charge >= 0.3 is 0 Å². The lowest BCUT2D eigenvalue weighted by Gasteiger charge is -2.20. The van der Waals surface area contributed by atoms with E-state index in [0.717, 1.165) is 36.7 Å². The predicted molar refractivity (Wildman–Crippen MR) is 66.7 cm³/mol. The van der Waals surface area contributed by atoms with Gasteiger partial charge in [0.05, 0.1) is 6.61 Å². The maximum Gasteiger partial charge on any atom is 0.169 e. The molecule has 3 heterocycles. The first-order valence-electron chi connectivity index (χ1n) is 5.71. The Bertz CT molecular complexity index is 532. The standard InChI is InChI=1S/C12H13BrN2O2/c13-11-4-3-10(17-11)9-6-15-5-1-2-8(7-16)12(15)14-9/h3-4,6,8,16H,1-2,5,7H2. The van der Waals surface area contributed by atoms with Crippen LogP contribution in [0.3, 0.4) is 0 Å². The molecule has 90 valence electrons. The minimum atomic E-state index is 0.163. The Kier molecular flexibility index (Phi) is 2.80. The van der Waals surface area contributed by atoms with Crippen molar-refractivity contribution in [1.82, 2.24) is 9.55 Å². The number of aryl methyl sites for hydroxylation is 1. The van der Waals surface area contributed by atoms with Gasteiger partial charge in [-0.25, -0.2) is 4.98 Å². The van der Waals surface area contributed by atoms with E-state index in [4.69, 9.17) is 4.42 Å². The summed E-state index contributed by atoms with van der Waals surface area (Å²) in [4.78, 5) is 4.57. The van der Waals surface area contributed by atoms with E-state index < -0.39 is 0 Å². The summed E-state index contributed by atoms with van der Waals surface area (Å²) in [6, 6.07) is 3.75. The van der Waals surface area contributed by atoms with Gasteiger partial charge in [0, 0.05) is 18.7 Å². The normalized spacial score (nSPS) is 19.3. The molecular weight excluding hydrogens is 284 g/mol. The van der Waals surface area contributed by atoms with Gasteiger partial charge < -0.3 is 14.1 Å². The van der Waals surface area contributed by atoms with Crippen LogP contribution in [0, 0.1) is 0 Å². The van der Waals surface area contributed by atoms with Gasteiger partial charge in [-0.15, -0.1) is 0 Å². The zero-order valence-corrected chi connectivity index (χ0v) is 10.9. The quantitative estimate of drug-likeness (QED) is 0.927. The van der Waals surface area contributed by atoms with E-state index in [2.05, 4.69) is 25.5 Å². The molecule has 0 saturated carbocycles. The van der Waals surface area contributed by atoms with E-state index in [1.165, 1.54) is 0 Å². The van der Waals surface area contributed by atoms with E-state index >= 15 is 0 Å². The molecule has 0 saturated heterocycles. The summed E-state index contributed by atoms with van der Waals surface area (Å²) in [5.41, 5.74) is 0.839. The summed E-state index contributed by atoms with van der Waals surface area (Å²) >= 11 is 3.29. The van der Waals surface area contributed by atoms with Crippen LogP contribution in [-0.4, -0.2) is 21.3 Å². The number of furan rings is 1. The van der Waals surface area contributed by atoms with Gasteiger partial charge in [-0.3, -0.25) is 0 Å². The van der Waals surface area contributed by atoms with Crippen LogP contribution >= 0.6 is 15.9 Å². The molecule has 0 fully saturated rings. The van der Waals surface area contributed by atoms with Crippen molar-refractivity contribution >= 4 is 15.9 Å². The SMILES string of the molecule is OCC1CCCn2cc(-c3ccc(Br)o3)nc21. The molecule has 1 aliphatic heterocycles. The number of aromatic nitrogens is 2. The maximum atomic E-state index is 9.34. The smallest absolute Gasteiger partial charge is 0.169 e. The van der Waals surface area contributed by atoms with Crippen molar-refractivity contribution in [2.45, 2.75) is 25.3 Å². The molecule has 0 aromatic carbocycles. The zero-order valence-electron chi connectivity index (χ0n) is 9.27. The molecule has 1 unspecified atom stereocenters. The average molecular weight is 297 g/mol. The first-order chi connectivity index (χ1) is 8.28. The van der Waals surface area contributed by atoms with Crippen molar-refractivity contribution < 1.29 is 9.52 Å². The summed E-state index contributed by atoms with van der Waals surface area (Å²) in [6.07, 6.45) is 4.10. The number of aliphatic hydroxyl groups is 1. The number of aliphatic hydroxyl groups excluding tert-OH is 1. The predicted octanol–water partition coefficient (Wildman–Crippen LogP) is 2.78. The minimum Gasteiger partial charge on any atom is -0.448 e. The Labute approximate surface area is 107 Å². The first kappa shape index (κ1) is 11.0. The Morgan fingerprint density at radius 2 is 2.41 bits per heavy atom. The summed E-state index contributed by atoms with van der Waals surface area (Å²) in [6.45, 7) is 1.14. The number of imidazole rings is 1. The molecule has 1 N–H and O–H groups in total. The second-order valence-electron chi connectivity index (χ2n) is 4.30. The van der Waals surface area contributed by atoms with Crippen molar-refractivity contribution in [1.29, 1.82) is 0 Å². The topological polar surface area (TPSA) is 51.2 Å². The van der Waals surface area contributed by atoms with Crippen LogP contribution in [0.5, 0.6) is 0 Å². The highest BCUT2D eigenvalue weighted by Crippen LogP contribution is 2.30. The third-order valence-corrected chi connectivity index (χ3v) is 3.60. The van der Waals surface area contributed by atoms with E-state index in [-0.39, 0.29) is 12.5 Å². The molecular formula is C12H13BrN2O2. The second kappa shape index (κ2) is 4.31. The Morgan fingerprint density at radius 3 is 3.12 bits per heavy atom. The molecule has 0 spiro atoms. The molecule has 3 rings (SSSR count). The summed E-state index contributed by atoms with van der Waals surface area (Å²) in [5, 5.41) is 9.34. The third kappa shape index (κ3) is 1.93. The third-order valence-electron chi connectivity index (χ3n) is 3.17. The van der Waals surface area contributed by atoms with Gasteiger partial charge in [0.2, 0.25) is 0 Å². The minimum absolute atomic E-state index is 0.163. The van der Waals surface area contributed by atoms with E-state index in [1.807, 2.05) is 18.3 Å². The van der Waals surface area contributed by atoms with Crippen LogP contribution in [0.2, 0.25) is 0 Å². The van der Waals surface area contributed by atoms with E-state index in [0.29, 0.717) is 4.67 Å². The molecule has 0 aliphatic carbocycles. The van der Waals surface area contributed by atoms with E-state index in [1.54, 1.807) is 0 Å². The number of fused-ring (bicyclic) bond motifs is 1. The highest BCUT2D eigenvalue weighted by molar-refractivity contribution is 9.10. The van der Waals surface area contributed by atoms with Crippen LogP contribution in [0.25, 0.3) is 11.5 Å². The van der Waals surface area contributed by atoms with Gasteiger partial charge in [-0.2, -0.15) is 0 Å². The Hall–Kier alpha value is -1.07. The van der Waals surface area contributed by atoms with E-state index in [9.17, 15) is 5.11 Å². The zero-order chi connectivity index (χ0) is 11.8. The van der Waals surface area contributed by atoms with Crippen LogP contribution in [0.4, 0.5) is 0 Å². The summed E-state index contributed by atoms with van der Waals surface area (Å²) in [5.74, 6) is 1.90. The number of hydrogen-bond donors (Lipinski definition) is 1. The first-order valence-corrected chi connectivity index (χ1v) is 6.51. The van der Waals surface area contributed by atoms with Crippen molar-refractivity contribution in [3.63, 3.8) is 0 Å². The molecule has 1 aliphatic rings. The lowest BCUT2D eigenvalue weighted by Crippen LogP contribution is -2.18. The highest BCUT2D eigenvalue weighted by atomic mass is 79.9. The van der Waals surface area contributed by atoms with Crippen LogP contribution in [0.1, 0.15) is 24.6 Å². The van der Waals surface area contributed by atoms with Crippen LogP contribution in [-0.2, 0) is 6.54 Å². The second-order valence-corrected chi connectivity index (χ2v) is 5.08. The monoisotopic (exact) mass is 296 g/mol. The number of hydrogen-bond acceptors (Lipinski definition) is 3. The molecule has 0 bridgehead atoms. The summed E-state index contributed by atoms with van der Waals surface area (Å²) in [7, 11) is 0. The fraction of sp³-hybridized carbons (Fsp3) is 0.417. The molecule has 17 heavy (non-hydrogen) atoms. The van der Waals surface area contributed by atoms with Gasteiger partial charge in [0.1, 0.15) is 11.5 Å². The van der Waals surface area contributed by atoms with Gasteiger partial charge in [0.25, 0.3) is 0 Å². The number of rotatable bonds is 2. The Morgan fingerprint density at radius 1 is 1.53 bits per heavy atom.